The minimum absolute atomic E-state index is 0.0216. The molecule has 2 heterocycles. The van der Waals surface area contributed by atoms with E-state index in [9.17, 15) is 4.79 Å². The Morgan fingerprint density at radius 2 is 2.05 bits per heavy atom. The maximum absolute atomic E-state index is 12.8. The average molecular weight is 288 g/mol. The Hall–Kier alpha value is -1.55. The van der Waals surface area contributed by atoms with Crippen LogP contribution in [0.3, 0.4) is 0 Å². The van der Waals surface area contributed by atoms with E-state index in [1.165, 1.54) is 5.56 Å². The number of nitrogens with one attached hydrogen (secondary N) is 1. The van der Waals surface area contributed by atoms with E-state index in [2.05, 4.69) is 32.2 Å². The number of ether oxygens (including phenoxy) is 1. The van der Waals surface area contributed by atoms with E-state index in [1.54, 1.807) is 0 Å². The number of nitrogens with zero attached hydrogens (tertiary/aromatic N) is 1. The van der Waals surface area contributed by atoms with Gasteiger partial charge in [-0.15, -0.1) is 0 Å². The van der Waals surface area contributed by atoms with E-state index in [0.29, 0.717) is 32.2 Å². The summed E-state index contributed by atoms with van der Waals surface area (Å²) in [4.78, 5) is 14.7. The molecule has 0 aliphatic carbocycles. The van der Waals surface area contributed by atoms with Crippen LogP contribution in [0, 0.1) is 0 Å². The Bertz CT molecular complexity index is 548. The van der Waals surface area contributed by atoms with Crippen LogP contribution in [0.5, 0.6) is 0 Å². The molecule has 4 heteroatoms. The summed E-state index contributed by atoms with van der Waals surface area (Å²) < 4.78 is 5.34. The molecule has 3 rings (SSSR count). The zero-order chi connectivity index (χ0) is 15.0. The van der Waals surface area contributed by atoms with Crippen LogP contribution >= 0.6 is 0 Å². The topological polar surface area (TPSA) is 41.6 Å². The molecule has 0 bridgehead atoms. The van der Waals surface area contributed by atoms with Crippen molar-refractivity contribution in [3.05, 3.63) is 29.3 Å². The molecule has 114 valence electrons. The Morgan fingerprint density at radius 3 is 2.76 bits per heavy atom. The lowest BCUT2D eigenvalue weighted by Gasteiger charge is -2.39. The highest BCUT2D eigenvalue weighted by Gasteiger charge is 2.32. The van der Waals surface area contributed by atoms with Gasteiger partial charge in [-0.05, 0) is 37.8 Å². The van der Waals surface area contributed by atoms with Gasteiger partial charge in [-0.25, -0.2) is 0 Å². The third kappa shape index (κ3) is 2.77. The maximum Gasteiger partial charge on any atom is 0.256 e. The van der Waals surface area contributed by atoms with E-state index in [0.717, 1.165) is 17.7 Å². The summed E-state index contributed by atoms with van der Waals surface area (Å²) in [6.07, 6.45) is 1.08. The zero-order valence-corrected chi connectivity index (χ0v) is 13.1. The van der Waals surface area contributed by atoms with Gasteiger partial charge in [0.25, 0.3) is 5.91 Å². The lowest BCUT2D eigenvalue weighted by molar-refractivity contribution is 0.0303. The van der Waals surface area contributed by atoms with Gasteiger partial charge >= 0.3 is 0 Å². The fourth-order valence-electron chi connectivity index (χ4n) is 3.50. The number of anilines is 1. The van der Waals surface area contributed by atoms with E-state index in [1.807, 2.05) is 17.0 Å². The molecule has 1 N–H and O–H groups in total. The molecule has 0 spiro atoms. The first-order valence-corrected chi connectivity index (χ1v) is 7.76. The van der Waals surface area contributed by atoms with E-state index in [-0.39, 0.29) is 11.4 Å². The fourth-order valence-corrected chi connectivity index (χ4v) is 3.50. The molecule has 1 unspecified atom stereocenters. The molecule has 1 fully saturated rings. The Morgan fingerprint density at radius 1 is 1.33 bits per heavy atom. The summed E-state index contributed by atoms with van der Waals surface area (Å²) >= 11 is 0. The number of morpholine rings is 1. The molecule has 2 aliphatic rings. The lowest BCUT2D eigenvalue weighted by Crippen LogP contribution is -2.42. The predicted molar refractivity (Wildman–Crippen MR) is 83.9 cm³/mol. The van der Waals surface area contributed by atoms with Gasteiger partial charge in [0.05, 0.1) is 24.5 Å². The number of carbonyl (C=O) groups excluding carboxylic acids is 1. The van der Waals surface area contributed by atoms with Gasteiger partial charge < -0.3 is 15.0 Å². The summed E-state index contributed by atoms with van der Waals surface area (Å²) in [5, 5.41) is 3.58. The van der Waals surface area contributed by atoms with Crippen LogP contribution in [-0.4, -0.2) is 42.6 Å². The van der Waals surface area contributed by atoms with E-state index in [4.69, 9.17) is 4.74 Å². The summed E-state index contributed by atoms with van der Waals surface area (Å²) in [6.45, 7) is 9.27. The molecule has 1 amide bonds. The van der Waals surface area contributed by atoms with Crippen molar-refractivity contribution in [1.29, 1.82) is 0 Å². The molecule has 0 radical (unpaired) electrons. The zero-order valence-electron chi connectivity index (χ0n) is 13.1. The minimum atomic E-state index is 0.0216. The van der Waals surface area contributed by atoms with Crippen molar-refractivity contribution in [2.75, 3.05) is 31.6 Å². The third-order valence-corrected chi connectivity index (χ3v) is 4.44. The predicted octanol–water partition coefficient (Wildman–Crippen LogP) is 2.86. The molecule has 1 aromatic carbocycles. The molecular weight excluding hydrogens is 264 g/mol. The number of amides is 1. The molecule has 1 saturated heterocycles. The van der Waals surface area contributed by atoms with Crippen LogP contribution in [0.25, 0.3) is 0 Å². The van der Waals surface area contributed by atoms with Crippen molar-refractivity contribution >= 4 is 11.6 Å². The summed E-state index contributed by atoms with van der Waals surface area (Å²) in [6, 6.07) is 6.08. The second-order valence-electron chi connectivity index (χ2n) is 6.79. The van der Waals surface area contributed by atoms with Crippen molar-refractivity contribution in [1.82, 2.24) is 4.90 Å². The maximum atomic E-state index is 12.8. The largest absolute Gasteiger partial charge is 0.379 e. The number of fused-ring (bicyclic) bond motifs is 1. The van der Waals surface area contributed by atoms with Crippen molar-refractivity contribution in [3.63, 3.8) is 0 Å². The minimum Gasteiger partial charge on any atom is -0.379 e. The molecular formula is C17H24N2O2. The van der Waals surface area contributed by atoms with E-state index >= 15 is 0 Å². The standard InChI is InChI=1S/C17H24N2O2/c1-12-11-17(2,3)18-15-13(12)5-4-6-14(15)16(20)19-7-9-21-10-8-19/h4-6,12,18H,7-11H2,1-3H3. The van der Waals surface area contributed by atoms with Crippen LogP contribution in [0.2, 0.25) is 0 Å². The lowest BCUT2D eigenvalue weighted by atomic mass is 9.81. The molecule has 2 aliphatic heterocycles. The second kappa shape index (κ2) is 5.34. The van der Waals surface area contributed by atoms with Gasteiger partial charge in [0.2, 0.25) is 0 Å². The number of benzene rings is 1. The molecule has 1 aromatic rings. The van der Waals surface area contributed by atoms with Crippen LogP contribution in [0.1, 0.15) is 49.0 Å². The number of rotatable bonds is 1. The van der Waals surface area contributed by atoms with Gasteiger partial charge in [-0.3, -0.25) is 4.79 Å². The summed E-state index contributed by atoms with van der Waals surface area (Å²) in [5.74, 6) is 0.584. The number of carbonyl (C=O) groups is 1. The SMILES string of the molecule is CC1CC(C)(C)Nc2c(C(=O)N3CCOCC3)cccc21. The fraction of sp³-hybridized carbons (Fsp3) is 0.588. The molecule has 21 heavy (non-hydrogen) atoms. The first kappa shape index (κ1) is 14.4. The van der Waals surface area contributed by atoms with Crippen LogP contribution in [0.15, 0.2) is 18.2 Å². The summed E-state index contributed by atoms with van der Waals surface area (Å²) in [5.41, 5.74) is 3.11. The smallest absolute Gasteiger partial charge is 0.256 e. The number of hydrogen-bond acceptors (Lipinski definition) is 3. The highest BCUT2D eigenvalue weighted by Crippen LogP contribution is 2.40. The average Bonchev–Trinajstić information content (AvgIpc) is 2.46. The van der Waals surface area contributed by atoms with Crippen molar-refractivity contribution in [2.24, 2.45) is 0 Å². The highest BCUT2D eigenvalue weighted by atomic mass is 16.5. The number of para-hydroxylation sites is 1. The van der Waals surface area contributed by atoms with Crippen LogP contribution in [-0.2, 0) is 4.74 Å². The van der Waals surface area contributed by atoms with Gasteiger partial charge in [0.1, 0.15) is 0 Å². The molecule has 0 saturated carbocycles. The van der Waals surface area contributed by atoms with Crippen LogP contribution < -0.4 is 5.32 Å². The van der Waals surface area contributed by atoms with Crippen molar-refractivity contribution in [3.8, 4) is 0 Å². The van der Waals surface area contributed by atoms with Gasteiger partial charge in [-0.2, -0.15) is 0 Å². The van der Waals surface area contributed by atoms with Gasteiger partial charge in [0, 0.05) is 18.6 Å². The second-order valence-corrected chi connectivity index (χ2v) is 6.79. The normalized spacial score (nSPS) is 24.1. The first-order valence-electron chi connectivity index (χ1n) is 7.76. The Labute approximate surface area is 126 Å². The Kier molecular flexibility index (Phi) is 3.66. The van der Waals surface area contributed by atoms with Crippen molar-refractivity contribution < 1.29 is 9.53 Å². The molecule has 4 nitrogen and oxygen atoms in total. The Balaban J connectivity index is 1.96. The summed E-state index contributed by atoms with van der Waals surface area (Å²) in [7, 11) is 0. The molecule has 1 atom stereocenters. The van der Waals surface area contributed by atoms with Crippen molar-refractivity contribution in [2.45, 2.75) is 38.6 Å². The third-order valence-electron chi connectivity index (χ3n) is 4.44. The van der Waals surface area contributed by atoms with E-state index < -0.39 is 0 Å². The molecule has 0 aromatic heterocycles. The number of hydrogen-bond donors (Lipinski definition) is 1. The van der Waals surface area contributed by atoms with Gasteiger partial charge in [0.15, 0.2) is 0 Å². The van der Waals surface area contributed by atoms with Gasteiger partial charge in [-0.1, -0.05) is 19.1 Å². The quantitative estimate of drug-likeness (QED) is 0.864. The monoisotopic (exact) mass is 288 g/mol. The van der Waals surface area contributed by atoms with Crippen LogP contribution in [0.4, 0.5) is 5.69 Å². The highest BCUT2D eigenvalue weighted by molar-refractivity contribution is 6.00. The first-order chi connectivity index (χ1) is 9.98.